The Labute approximate surface area is 106 Å². The van der Waals surface area contributed by atoms with Gasteiger partial charge in [0.2, 0.25) is 11.7 Å². The van der Waals surface area contributed by atoms with Gasteiger partial charge < -0.3 is 14.5 Å². The van der Waals surface area contributed by atoms with E-state index in [1.54, 1.807) is 26.2 Å². The van der Waals surface area contributed by atoms with Crippen LogP contribution in [0.5, 0.6) is 0 Å². The fraction of sp³-hybridized carbons (Fsp3) is 0.500. The molecule has 0 bridgehead atoms. The van der Waals surface area contributed by atoms with Gasteiger partial charge in [-0.2, -0.15) is 5.26 Å². The summed E-state index contributed by atoms with van der Waals surface area (Å²) < 4.78 is 10.0. The lowest BCUT2D eigenvalue weighted by molar-refractivity contribution is -0.123. The predicted molar refractivity (Wildman–Crippen MR) is 64.6 cm³/mol. The minimum atomic E-state index is -0.336. The fourth-order valence-corrected chi connectivity index (χ4v) is 1.31. The number of carbonyl (C=O) groups excluding carboxylic acids is 1. The van der Waals surface area contributed by atoms with Crippen LogP contribution >= 0.6 is 0 Å². The summed E-state index contributed by atoms with van der Waals surface area (Å²) in [6, 6.07) is 4.88. The van der Waals surface area contributed by atoms with Gasteiger partial charge >= 0.3 is 0 Å². The molecular formula is C12H17N3O3. The van der Waals surface area contributed by atoms with E-state index in [1.807, 2.05) is 6.07 Å². The Balaban J connectivity index is 2.29. The molecule has 6 heteroatoms. The third-order valence-corrected chi connectivity index (χ3v) is 2.35. The molecule has 0 saturated carbocycles. The highest BCUT2D eigenvalue weighted by molar-refractivity contribution is 5.81. The fourth-order valence-electron chi connectivity index (χ4n) is 1.31. The minimum Gasteiger partial charge on any atom is -0.449 e. The number of nitriles is 1. The molecule has 1 aromatic rings. The van der Waals surface area contributed by atoms with Crippen LogP contribution in [0.2, 0.25) is 0 Å². The smallest absolute Gasteiger partial charge is 0.236 e. The zero-order chi connectivity index (χ0) is 13.4. The number of amides is 1. The number of carbonyl (C=O) groups is 1. The number of furan rings is 1. The molecule has 6 nitrogen and oxygen atoms in total. The number of hydrogen-bond acceptors (Lipinski definition) is 5. The van der Waals surface area contributed by atoms with Gasteiger partial charge in [-0.25, -0.2) is 0 Å². The first-order chi connectivity index (χ1) is 8.67. The monoisotopic (exact) mass is 251 g/mol. The molecule has 0 aliphatic carbocycles. The molecule has 0 fully saturated rings. The van der Waals surface area contributed by atoms with Crippen molar-refractivity contribution in [2.24, 2.45) is 0 Å². The Bertz CT molecular complexity index is 422. The van der Waals surface area contributed by atoms with E-state index in [-0.39, 0.29) is 17.7 Å². The van der Waals surface area contributed by atoms with Crippen LogP contribution in [-0.4, -0.2) is 32.2 Å². The molecule has 0 saturated heterocycles. The quantitative estimate of drug-likeness (QED) is 0.685. The Hall–Kier alpha value is -1.84. The van der Waals surface area contributed by atoms with Crippen LogP contribution in [-0.2, 0) is 16.1 Å². The molecule has 1 heterocycles. The largest absolute Gasteiger partial charge is 0.449 e. The molecule has 0 spiro atoms. The third-order valence-electron chi connectivity index (χ3n) is 2.35. The summed E-state index contributed by atoms with van der Waals surface area (Å²) in [5, 5.41) is 14.3. The standard InChI is InChI=1S/C12H17N3O3/c1-9(12(16)14-5-6-17-2)15-8-11-4-3-10(7-13)18-11/h3-4,9,15H,5-6,8H2,1-2H3,(H,14,16). The third kappa shape index (κ3) is 4.57. The maximum absolute atomic E-state index is 11.6. The maximum Gasteiger partial charge on any atom is 0.236 e. The van der Waals surface area contributed by atoms with Crippen molar-refractivity contribution in [1.29, 1.82) is 5.26 Å². The van der Waals surface area contributed by atoms with E-state index >= 15 is 0 Å². The first-order valence-corrected chi connectivity index (χ1v) is 5.66. The van der Waals surface area contributed by atoms with Crippen molar-refractivity contribution >= 4 is 5.91 Å². The molecule has 0 aromatic carbocycles. The van der Waals surface area contributed by atoms with E-state index in [9.17, 15) is 4.79 Å². The van der Waals surface area contributed by atoms with Crippen molar-refractivity contribution in [1.82, 2.24) is 10.6 Å². The first kappa shape index (κ1) is 14.2. The van der Waals surface area contributed by atoms with E-state index in [2.05, 4.69) is 10.6 Å². The van der Waals surface area contributed by atoms with Crippen molar-refractivity contribution in [3.05, 3.63) is 23.7 Å². The number of methoxy groups -OCH3 is 1. The van der Waals surface area contributed by atoms with Crippen LogP contribution in [0.3, 0.4) is 0 Å². The van der Waals surface area contributed by atoms with Gasteiger partial charge in [0, 0.05) is 13.7 Å². The predicted octanol–water partition coefficient (Wildman–Crippen LogP) is 0.392. The summed E-state index contributed by atoms with van der Waals surface area (Å²) >= 11 is 0. The normalized spacial score (nSPS) is 11.8. The Kier molecular flexibility index (Phi) is 5.91. The molecule has 98 valence electrons. The van der Waals surface area contributed by atoms with Gasteiger partial charge in [0.05, 0.1) is 19.2 Å². The molecule has 0 aliphatic heterocycles. The highest BCUT2D eigenvalue weighted by Crippen LogP contribution is 2.06. The van der Waals surface area contributed by atoms with Gasteiger partial charge in [0.1, 0.15) is 11.8 Å². The van der Waals surface area contributed by atoms with E-state index in [0.29, 0.717) is 25.5 Å². The number of ether oxygens (including phenoxy) is 1. The van der Waals surface area contributed by atoms with Gasteiger partial charge in [-0.05, 0) is 19.1 Å². The molecule has 0 aliphatic rings. The molecule has 1 unspecified atom stereocenters. The van der Waals surface area contributed by atoms with Gasteiger partial charge in [0.25, 0.3) is 0 Å². The number of rotatable bonds is 7. The average molecular weight is 251 g/mol. The minimum absolute atomic E-state index is 0.0980. The summed E-state index contributed by atoms with van der Waals surface area (Å²) in [4.78, 5) is 11.6. The topological polar surface area (TPSA) is 87.3 Å². The summed E-state index contributed by atoms with van der Waals surface area (Å²) in [5.74, 6) is 0.797. The van der Waals surface area contributed by atoms with Gasteiger partial charge in [0.15, 0.2) is 0 Å². The Morgan fingerprint density at radius 1 is 1.61 bits per heavy atom. The Morgan fingerprint density at radius 3 is 3.00 bits per heavy atom. The average Bonchev–Trinajstić information content (AvgIpc) is 2.84. The van der Waals surface area contributed by atoms with Crippen molar-refractivity contribution in [2.45, 2.75) is 19.5 Å². The second kappa shape index (κ2) is 7.48. The van der Waals surface area contributed by atoms with Gasteiger partial charge in [-0.1, -0.05) is 0 Å². The molecule has 1 atom stereocenters. The molecule has 18 heavy (non-hydrogen) atoms. The highest BCUT2D eigenvalue weighted by atomic mass is 16.5. The van der Waals surface area contributed by atoms with E-state index < -0.39 is 0 Å². The molecule has 2 N–H and O–H groups in total. The van der Waals surface area contributed by atoms with Crippen LogP contribution in [0.25, 0.3) is 0 Å². The van der Waals surface area contributed by atoms with E-state index in [4.69, 9.17) is 14.4 Å². The number of nitrogens with zero attached hydrogens (tertiary/aromatic N) is 1. The summed E-state index contributed by atoms with van der Waals surface area (Å²) in [6.45, 7) is 3.14. The van der Waals surface area contributed by atoms with Crippen LogP contribution in [0, 0.1) is 11.3 Å². The van der Waals surface area contributed by atoms with Crippen molar-refractivity contribution in [3.63, 3.8) is 0 Å². The zero-order valence-corrected chi connectivity index (χ0v) is 10.5. The Morgan fingerprint density at radius 2 is 2.39 bits per heavy atom. The molecular weight excluding hydrogens is 234 g/mol. The lowest BCUT2D eigenvalue weighted by Crippen LogP contribution is -2.42. The maximum atomic E-state index is 11.6. The second-order valence-corrected chi connectivity index (χ2v) is 3.76. The van der Waals surface area contributed by atoms with Crippen LogP contribution in [0.15, 0.2) is 16.5 Å². The van der Waals surface area contributed by atoms with Gasteiger partial charge in [-0.3, -0.25) is 10.1 Å². The summed E-state index contributed by atoms with van der Waals surface area (Å²) in [6.07, 6.45) is 0. The number of hydrogen-bond donors (Lipinski definition) is 2. The SMILES string of the molecule is COCCNC(=O)C(C)NCc1ccc(C#N)o1. The summed E-state index contributed by atoms with van der Waals surface area (Å²) in [7, 11) is 1.58. The van der Waals surface area contributed by atoms with E-state index in [0.717, 1.165) is 0 Å². The van der Waals surface area contributed by atoms with Crippen molar-refractivity contribution in [3.8, 4) is 6.07 Å². The zero-order valence-electron chi connectivity index (χ0n) is 10.5. The van der Waals surface area contributed by atoms with Crippen LogP contribution < -0.4 is 10.6 Å². The first-order valence-electron chi connectivity index (χ1n) is 5.66. The van der Waals surface area contributed by atoms with E-state index in [1.165, 1.54) is 0 Å². The molecule has 1 rings (SSSR count). The second-order valence-electron chi connectivity index (χ2n) is 3.76. The number of nitrogens with one attached hydrogen (secondary N) is 2. The van der Waals surface area contributed by atoms with Crippen molar-refractivity contribution < 1.29 is 13.9 Å². The summed E-state index contributed by atoms with van der Waals surface area (Å²) in [5.41, 5.74) is 0. The lowest BCUT2D eigenvalue weighted by Gasteiger charge is -2.12. The lowest BCUT2D eigenvalue weighted by atomic mass is 10.3. The van der Waals surface area contributed by atoms with Gasteiger partial charge in [-0.15, -0.1) is 0 Å². The molecule has 1 aromatic heterocycles. The molecule has 1 amide bonds. The van der Waals surface area contributed by atoms with Crippen molar-refractivity contribution in [2.75, 3.05) is 20.3 Å². The molecule has 0 radical (unpaired) electrons. The highest BCUT2D eigenvalue weighted by Gasteiger charge is 2.12. The van der Waals surface area contributed by atoms with Crippen LogP contribution in [0.4, 0.5) is 0 Å². The van der Waals surface area contributed by atoms with Crippen LogP contribution in [0.1, 0.15) is 18.4 Å².